The van der Waals surface area contributed by atoms with Gasteiger partial charge in [0, 0.05) is 6.04 Å². The van der Waals surface area contributed by atoms with Crippen LogP contribution in [-0.2, 0) is 0 Å². The monoisotopic (exact) mass is 275 g/mol. The molecule has 0 radical (unpaired) electrons. The van der Waals surface area contributed by atoms with Gasteiger partial charge in [0.05, 0.1) is 17.1 Å². The second-order valence-corrected chi connectivity index (χ2v) is 4.58. The molecule has 0 aliphatic heterocycles. The van der Waals surface area contributed by atoms with Gasteiger partial charge in [-0.1, -0.05) is 19.9 Å². The molecule has 0 aliphatic carbocycles. The number of halogens is 2. The molecule has 15 heavy (non-hydrogen) atoms. The first-order valence-electron chi connectivity index (χ1n) is 4.86. The minimum Gasteiger partial charge on any atom is -0.394 e. The molecular formula is C11H15BrFNO. The van der Waals surface area contributed by atoms with Gasteiger partial charge in [-0.3, -0.25) is 0 Å². The highest BCUT2D eigenvalue weighted by molar-refractivity contribution is 9.10. The summed E-state index contributed by atoms with van der Waals surface area (Å²) >= 11 is 3.13. The SMILES string of the molecule is CC(C)NC(CO)c1ccc(F)c(Br)c1. The van der Waals surface area contributed by atoms with Crippen LogP contribution in [0.25, 0.3) is 0 Å². The highest BCUT2D eigenvalue weighted by Gasteiger charge is 2.12. The van der Waals surface area contributed by atoms with E-state index in [1.54, 1.807) is 12.1 Å². The van der Waals surface area contributed by atoms with E-state index >= 15 is 0 Å². The first-order chi connectivity index (χ1) is 7.04. The molecule has 0 fully saturated rings. The summed E-state index contributed by atoms with van der Waals surface area (Å²) in [7, 11) is 0. The Balaban J connectivity index is 2.87. The fourth-order valence-corrected chi connectivity index (χ4v) is 1.78. The number of aliphatic hydroxyl groups is 1. The summed E-state index contributed by atoms with van der Waals surface area (Å²) in [5.41, 5.74) is 0.875. The van der Waals surface area contributed by atoms with Crippen molar-refractivity contribution in [3.63, 3.8) is 0 Å². The Kier molecular flexibility index (Phi) is 4.70. The third-order valence-electron chi connectivity index (χ3n) is 2.06. The maximum absolute atomic E-state index is 13.0. The van der Waals surface area contributed by atoms with Gasteiger partial charge in [0.1, 0.15) is 5.82 Å². The summed E-state index contributed by atoms with van der Waals surface area (Å²) in [4.78, 5) is 0. The molecule has 84 valence electrons. The van der Waals surface area contributed by atoms with Gasteiger partial charge in [0.25, 0.3) is 0 Å². The molecule has 0 aromatic heterocycles. The maximum Gasteiger partial charge on any atom is 0.137 e. The maximum atomic E-state index is 13.0. The van der Waals surface area contributed by atoms with E-state index in [1.165, 1.54) is 6.07 Å². The average molecular weight is 276 g/mol. The van der Waals surface area contributed by atoms with Crippen molar-refractivity contribution in [3.8, 4) is 0 Å². The summed E-state index contributed by atoms with van der Waals surface area (Å²) in [6.45, 7) is 4.00. The molecule has 0 bridgehead atoms. The van der Waals surface area contributed by atoms with Gasteiger partial charge in [-0.2, -0.15) is 0 Å². The van der Waals surface area contributed by atoms with Crippen LogP contribution in [0.2, 0.25) is 0 Å². The van der Waals surface area contributed by atoms with Crippen LogP contribution in [-0.4, -0.2) is 17.8 Å². The standard InChI is InChI=1S/C11H15BrFNO/c1-7(2)14-11(6-15)8-3-4-10(13)9(12)5-8/h3-5,7,11,14-15H,6H2,1-2H3. The lowest BCUT2D eigenvalue weighted by atomic mass is 10.1. The molecule has 1 aromatic carbocycles. The van der Waals surface area contributed by atoms with Crippen LogP contribution in [0.1, 0.15) is 25.5 Å². The van der Waals surface area contributed by atoms with Gasteiger partial charge >= 0.3 is 0 Å². The third kappa shape index (κ3) is 3.55. The molecule has 2 N–H and O–H groups in total. The topological polar surface area (TPSA) is 32.3 Å². The molecule has 0 saturated heterocycles. The van der Waals surface area contributed by atoms with Crippen LogP contribution in [0.15, 0.2) is 22.7 Å². The van der Waals surface area contributed by atoms with Gasteiger partial charge in [0.2, 0.25) is 0 Å². The van der Waals surface area contributed by atoms with E-state index in [2.05, 4.69) is 21.2 Å². The highest BCUT2D eigenvalue weighted by Crippen LogP contribution is 2.21. The Bertz CT molecular complexity index is 330. The van der Waals surface area contributed by atoms with Gasteiger partial charge in [0.15, 0.2) is 0 Å². The summed E-state index contributed by atoms with van der Waals surface area (Å²) in [6.07, 6.45) is 0. The van der Waals surface area contributed by atoms with Crippen molar-refractivity contribution < 1.29 is 9.50 Å². The molecular weight excluding hydrogens is 261 g/mol. The normalized spacial score (nSPS) is 13.2. The molecule has 0 spiro atoms. The van der Waals surface area contributed by atoms with Crippen molar-refractivity contribution in [2.75, 3.05) is 6.61 Å². The van der Waals surface area contributed by atoms with Crippen LogP contribution in [0, 0.1) is 5.82 Å². The minimum absolute atomic E-state index is 0.00372. The van der Waals surface area contributed by atoms with Crippen molar-refractivity contribution >= 4 is 15.9 Å². The van der Waals surface area contributed by atoms with Gasteiger partial charge in [-0.15, -0.1) is 0 Å². The van der Waals surface area contributed by atoms with E-state index in [4.69, 9.17) is 0 Å². The lowest BCUT2D eigenvalue weighted by molar-refractivity contribution is 0.237. The van der Waals surface area contributed by atoms with Crippen molar-refractivity contribution in [1.29, 1.82) is 0 Å². The van der Waals surface area contributed by atoms with E-state index in [0.717, 1.165) is 5.56 Å². The van der Waals surface area contributed by atoms with Crippen molar-refractivity contribution in [1.82, 2.24) is 5.32 Å². The molecule has 4 heteroatoms. The molecule has 1 rings (SSSR count). The fraction of sp³-hybridized carbons (Fsp3) is 0.455. The zero-order chi connectivity index (χ0) is 11.4. The molecule has 1 aromatic rings. The van der Waals surface area contributed by atoms with E-state index in [9.17, 15) is 9.50 Å². The van der Waals surface area contributed by atoms with E-state index in [-0.39, 0.29) is 24.5 Å². The smallest absolute Gasteiger partial charge is 0.137 e. The number of rotatable bonds is 4. The Hall–Kier alpha value is -0.450. The van der Waals surface area contributed by atoms with Gasteiger partial charge in [-0.05, 0) is 33.6 Å². The van der Waals surface area contributed by atoms with Crippen molar-refractivity contribution in [3.05, 3.63) is 34.1 Å². The molecule has 1 unspecified atom stereocenters. The minimum atomic E-state index is -0.292. The van der Waals surface area contributed by atoms with Crippen LogP contribution >= 0.6 is 15.9 Å². The summed E-state index contributed by atoms with van der Waals surface area (Å²) in [5, 5.41) is 12.4. The van der Waals surface area contributed by atoms with Gasteiger partial charge < -0.3 is 10.4 Å². The Morgan fingerprint density at radius 1 is 1.47 bits per heavy atom. The van der Waals surface area contributed by atoms with E-state index in [0.29, 0.717) is 4.47 Å². The lowest BCUT2D eigenvalue weighted by Gasteiger charge is -2.19. The first-order valence-corrected chi connectivity index (χ1v) is 5.65. The molecule has 1 atom stereocenters. The Morgan fingerprint density at radius 2 is 2.13 bits per heavy atom. The van der Waals surface area contributed by atoms with Gasteiger partial charge in [-0.25, -0.2) is 4.39 Å². The second-order valence-electron chi connectivity index (χ2n) is 3.73. The predicted molar refractivity (Wildman–Crippen MR) is 62.2 cm³/mol. The second kappa shape index (κ2) is 5.58. The average Bonchev–Trinajstić information content (AvgIpc) is 2.18. The molecule has 0 amide bonds. The first kappa shape index (κ1) is 12.6. The van der Waals surface area contributed by atoms with Crippen molar-refractivity contribution in [2.45, 2.75) is 25.9 Å². The third-order valence-corrected chi connectivity index (χ3v) is 2.67. The number of hydrogen-bond donors (Lipinski definition) is 2. The lowest BCUT2D eigenvalue weighted by Crippen LogP contribution is -2.30. The fourth-order valence-electron chi connectivity index (χ4n) is 1.39. The van der Waals surface area contributed by atoms with Crippen LogP contribution in [0.4, 0.5) is 4.39 Å². The quantitative estimate of drug-likeness (QED) is 0.886. The number of nitrogens with one attached hydrogen (secondary N) is 1. The van der Waals surface area contributed by atoms with Crippen LogP contribution < -0.4 is 5.32 Å². The molecule has 2 nitrogen and oxygen atoms in total. The zero-order valence-electron chi connectivity index (χ0n) is 8.80. The molecule has 0 heterocycles. The van der Waals surface area contributed by atoms with Crippen LogP contribution in [0.3, 0.4) is 0 Å². The van der Waals surface area contributed by atoms with Crippen LogP contribution in [0.5, 0.6) is 0 Å². The predicted octanol–water partition coefficient (Wildman–Crippen LogP) is 2.62. The highest BCUT2D eigenvalue weighted by atomic mass is 79.9. The van der Waals surface area contributed by atoms with E-state index in [1.807, 2.05) is 13.8 Å². The largest absolute Gasteiger partial charge is 0.394 e. The number of hydrogen-bond acceptors (Lipinski definition) is 2. The summed E-state index contributed by atoms with van der Waals surface area (Å²) in [5.74, 6) is -0.292. The summed E-state index contributed by atoms with van der Waals surface area (Å²) < 4.78 is 13.4. The number of aliphatic hydroxyl groups excluding tert-OH is 1. The number of benzene rings is 1. The molecule has 0 aliphatic rings. The van der Waals surface area contributed by atoms with Crippen molar-refractivity contribution in [2.24, 2.45) is 0 Å². The Labute approximate surface area is 97.6 Å². The molecule has 0 saturated carbocycles. The summed E-state index contributed by atoms with van der Waals surface area (Å²) in [6, 6.07) is 4.87. The van der Waals surface area contributed by atoms with E-state index < -0.39 is 0 Å². The Morgan fingerprint density at radius 3 is 2.60 bits per heavy atom. The zero-order valence-corrected chi connectivity index (χ0v) is 10.4.